The van der Waals surface area contributed by atoms with E-state index < -0.39 is 10.0 Å². The summed E-state index contributed by atoms with van der Waals surface area (Å²) in [5.41, 5.74) is 2.77. The smallest absolute Gasteiger partial charge is 0.251 e. The van der Waals surface area contributed by atoms with Crippen molar-refractivity contribution in [3.63, 3.8) is 0 Å². The van der Waals surface area contributed by atoms with E-state index in [0.717, 1.165) is 21.7 Å². The first-order chi connectivity index (χ1) is 16.8. The third-order valence-electron chi connectivity index (χ3n) is 5.15. The number of fused-ring (bicyclic) bond motifs is 1. The van der Waals surface area contributed by atoms with Gasteiger partial charge in [0.2, 0.25) is 0 Å². The highest BCUT2D eigenvalue weighted by Gasteiger charge is 2.19. The molecule has 0 N–H and O–H groups in total. The Labute approximate surface area is 211 Å². The lowest BCUT2D eigenvalue weighted by Gasteiger charge is -2.14. The standard InChI is InChI=1S/C25H21BrN4O4S/c1-3-17-8-4-5-11-23(17)33-12-7-13-34-24-18(15-27)9-6-10-19(24)21-14-20-22(16-28-21)30(29-25(20)26)35(2,31)32/h3-6,8-11,14,16H,1,7,12-13H2,2H3. The lowest BCUT2D eigenvalue weighted by atomic mass is 10.1. The van der Waals surface area contributed by atoms with Gasteiger partial charge in [-0.3, -0.25) is 4.98 Å². The maximum Gasteiger partial charge on any atom is 0.251 e. The molecule has 0 bridgehead atoms. The molecule has 0 unspecified atom stereocenters. The first kappa shape index (κ1) is 24.4. The van der Waals surface area contributed by atoms with Crippen molar-refractivity contribution in [2.45, 2.75) is 6.42 Å². The summed E-state index contributed by atoms with van der Waals surface area (Å²) < 4.78 is 37.2. The second kappa shape index (κ2) is 10.3. The van der Waals surface area contributed by atoms with Gasteiger partial charge in [0.1, 0.15) is 27.7 Å². The maximum absolute atomic E-state index is 12.0. The molecule has 0 aliphatic carbocycles. The first-order valence-corrected chi connectivity index (χ1v) is 13.2. The molecule has 2 aromatic heterocycles. The second-order valence-corrected chi connectivity index (χ2v) is 10.1. The van der Waals surface area contributed by atoms with Crippen LogP contribution >= 0.6 is 15.9 Å². The molecule has 178 valence electrons. The Morgan fingerprint density at radius 2 is 1.94 bits per heavy atom. The van der Waals surface area contributed by atoms with E-state index in [4.69, 9.17) is 9.47 Å². The molecule has 0 radical (unpaired) electrons. The number of pyridine rings is 1. The van der Waals surface area contributed by atoms with Crippen molar-refractivity contribution >= 4 is 42.9 Å². The molecule has 4 rings (SSSR count). The zero-order valence-electron chi connectivity index (χ0n) is 18.8. The fraction of sp³-hybridized carbons (Fsp3) is 0.160. The van der Waals surface area contributed by atoms with Crippen LogP contribution in [0.25, 0.3) is 28.2 Å². The van der Waals surface area contributed by atoms with Gasteiger partial charge in [-0.25, -0.2) is 8.42 Å². The number of nitriles is 1. The van der Waals surface area contributed by atoms with Gasteiger partial charge in [0, 0.05) is 22.9 Å². The monoisotopic (exact) mass is 552 g/mol. The normalized spacial score (nSPS) is 11.2. The van der Waals surface area contributed by atoms with Crippen LogP contribution in [0.5, 0.6) is 11.5 Å². The molecule has 0 aliphatic heterocycles. The Kier molecular flexibility index (Phi) is 7.19. The molecule has 0 aliphatic rings. The third kappa shape index (κ3) is 5.21. The molecule has 0 fully saturated rings. The van der Waals surface area contributed by atoms with Crippen molar-refractivity contribution in [1.82, 2.24) is 14.2 Å². The SMILES string of the molecule is C=Cc1ccccc1OCCCOc1c(C#N)cccc1-c1cc2c(Br)nn(S(C)(=O)=O)c2cn1. The lowest BCUT2D eigenvalue weighted by molar-refractivity contribution is 0.247. The Morgan fingerprint density at radius 1 is 1.17 bits per heavy atom. The highest BCUT2D eigenvalue weighted by Crippen LogP contribution is 2.35. The summed E-state index contributed by atoms with van der Waals surface area (Å²) in [6.07, 6.45) is 4.84. The van der Waals surface area contributed by atoms with Crippen LogP contribution in [0.3, 0.4) is 0 Å². The van der Waals surface area contributed by atoms with Crippen molar-refractivity contribution in [2.75, 3.05) is 19.5 Å². The fourth-order valence-electron chi connectivity index (χ4n) is 3.53. The quantitative estimate of drug-likeness (QED) is 0.268. The minimum absolute atomic E-state index is 0.319. The summed E-state index contributed by atoms with van der Waals surface area (Å²) in [6, 6.07) is 16.7. The fourth-order valence-corrected chi connectivity index (χ4v) is 4.85. The summed E-state index contributed by atoms with van der Waals surface area (Å²) in [7, 11) is -3.60. The van der Waals surface area contributed by atoms with Crippen molar-refractivity contribution in [3.05, 3.63) is 77.0 Å². The van der Waals surface area contributed by atoms with Gasteiger partial charge in [-0.15, -0.1) is 5.10 Å². The molecule has 0 amide bonds. The molecular weight excluding hydrogens is 532 g/mol. The van der Waals surface area contributed by atoms with Crippen LogP contribution < -0.4 is 9.47 Å². The van der Waals surface area contributed by atoms with Gasteiger partial charge in [-0.05, 0) is 40.2 Å². The average molecular weight is 553 g/mol. The summed E-state index contributed by atoms with van der Waals surface area (Å²) in [5.74, 6) is 1.15. The first-order valence-electron chi connectivity index (χ1n) is 10.6. The van der Waals surface area contributed by atoms with E-state index in [1.54, 1.807) is 30.3 Å². The molecule has 35 heavy (non-hydrogen) atoms. The van der Waals surface area contributed by atoms with Crippen LogP contribution in [-0.2, 0) is 10.0 Å². The predicted octanol–water partition coefficient (Wildman–Crippen LogP) is 5.03. The molecule has 0 saturated carbocycles. The van der Waals surface area contributed by atoms with Crippen molar-refractivity contribution < 1.29 is 17.9 Å². The van der Waals surface area contributed by atoms with E-state index in [0.29, 0.717) is 57.7 Å². The van der Waals surface area contributed by atoms with Crippen LogP contribution in [0.1, 0.15) is 17.5 Å². The van der Waals surface area contributed by atoms with Gasteiger partial charge in [-0.2, -0.15) is 9.35 Å². The number of rotatable bonds is 9. The molecule has 0 spiro atoms. The molecule has 0 saturated heterocycles. The topological polar surface area (TPSA) is 107 Å². The van der Waals surface area contributed by atoms with Gasteiger partial charge >= 0.3 is 0 Å². The van der Waals surface area contributed by atoms with E-state index >= 15 is 0 Å². The number of benzene rings is 2. The van der Waals surface area contributed by atoms with Crippen molar-refractivity contribution in [3.8, 4) is 28.8 Å². The van der Waals surface area contributed by atoms with Gasteiger partial charge in [0.15, 0.2) is 0 Å². The number of nitrogens with zero attached hydrogens (tertiary/aromatic N) is 4. The van der Waals surface area contributed by atoms with Gasteiger partial charge in [0.05, 0.1) is 36.9 Å². The van der Waals surface area contributed by atoms with Gasteiger partial charge in [-0.1, -0.05) is 36.9 Å². The van der Waals surface area contributed by atoms with Crippen molar-refractivity contribution in [2.24, 2.45) is 0 Å². The van der Waals surface area contributed by atoms with Crippen LogP contribution in [0.4, 0.5) is 0 Å². The number of halogens is 1. The van der Waals surface area contributed by atoms with Crippen LogP contribution in [0.15, 0.2) is 65.9 Å². The molecule has 2 heterocycles. The number of hydrogen-bond donors (Lipinski definition) is 0. The number of hydrogen-bond acceptors (Lipinski definition) is 7. The minimum Gasteiger partial charge on any atom is -0.493 e. The molecule has 8 nitrogen and oxygen atoms in total. The Morgan fingerprint density at radius 3 is 2.69 bits per heavy atom. The molecule has 4 aromatic rings. The molecule has 2 aromatic carbocycles. The zero-order valence-corrected chi connectivity index (χ0v) is 21.2. The maximum atomic E-state index is 12.0. The Bertz CT molecular complexity index is 1560. The van der Waals surface area contributed by atoms with Crippen LogP contribution in [0, 0.1) is 11.3 Å². The average Bonchev–Trinajstić information content (AvgIpc) is 3.20. The number of ether oxygens (including phenoxy) is 2. The molecular formula is C25H21BrN4O4S. The van der Waals surface area contributed by atoms with E-state index in [9.17, 15) is 13.7 Å². The second-order valence-electron chi connectivity index (χ2n) is 7.57. The Hall–Kier alpha value is -3.68. The summed E-state index contributed by atoms with van der Waals surface area (Å²) in [5, 5.41) is 14.3. The lowest BCUT2D eigenvalue weighted by Crippen LogP contribution is -2.11. The van der Waals surface area contributed by atoms with Gasteiger partial charge in [0.25, 0.3) is 10.0 Å². The highest BCUT2D eigenvalue weighted by molar-refractivity contribution is 9.10. The van der Waals surface area contributed by atoms with E-state index in [1.807, 2.05) is 24.3 Å². The van der Waals surface area contributed by atoms with Gasteiger partial charge < -0.3 is 9.47 Å². The molecule has 10 heteroatoms. The number of para-hydroxylation sites is 2. The van der Waals surface area contributed by atoms with E-state index in [1.165, 1.54) is 6.20 Å². The largest absolute Gasteiger partial charge is 0.493 e. The van der Waals surface area contributed by atoms with Crippen molar-refractivity contribution in [1.29, 1.82) is 5.26 Å². The summed E-state index contributed by atoms with van der Waals surface area (Å²) in [6.45, 7) is 4.54. The summed E-state index contributed by atoms with van der Waals surface area (Å²) in [4.78, 5) is 4.43. The zero-order chi connectivity index (χ0) is 25.0. The highest BCUT2D eigenvalue weighted by atomic mass is 79.9. The number of aromatic nitrogens is 3. The molecule has 0 atom stereocenters. The van der Waals surface area contributed by atoms with Crippen LogP contribution in [0.2, 0.25) is 0 Å². The Balaban J connectivity index is 1.56. The summed E-state index contributed by atoms with van der Waals surface area (Å²) >= 11 is 3.32. The predicted molar refractivity (Wildman–Crippen MR) is 138 cm³/mol. The van der Waals surface area contributed by atoms with Crippen LogP contribution in [-0.4, -0.2) is 42.1 Å². The van der Waals surface area contributed by atoms with E-state index in [2.05, 4.69) is 38.7 Å². The van der Waals surface area contributed by atoms with E-state index in [-0.39, 0.29) is 0 Å². The third-order valence-corrected chi connectivity index (χ3v) is 6.64. The minimum atomic E-state index is -3.60.